The summed E-state index contributed by atoms with van der Waals surface area (Å²) in [7, 11) is 0. The van der Waals surface area contributed by atoms with Gasteiger partial charge in [0.05, 0.1) is 4.88 Å². The third kappa shape index (κ3) is 3.14. The van der Waals surface area contributed by atoms with Gasteiger partial charge in [-0.3, -0.25) is 4.79 Å². The Balaban J connectivity index is 2.02. The third-order valence-corrected chi connectivity index (χ3v) is 4.89. The Bertz CT molecular complexity index is 405. The normalized spacial score (nSPS) is 21.7. The third-order valence-electron chi connectivity index (χ3n) is 4.04. The van der Waals surface area contributed by atoms with Crippen LogP contribution in [-0.4, -0.2) is 19.4 Å². The molecular weight excluding hydrogens is 242 g/mol. The lowest BCUT2D eigenvalue weighted by molar-refractivity contribution is 0.112. The van der Waals surface area contributed by atoms with E-state index < -0.39 is 0 Å². The van der Waals surface area contributed by atoms with Crippen molar-refractivity contribution in [2.75, 3.05) is 18.0 Å². The second kappa shape index (κ2) is 5.43. The van der Waals surface area contributed by atoms with E-state index in [0.717, 1.165) is 30.2 Å². The zero-order valence-electron chi connectivity index (χ0n) is 11.6. The van der Waals surface area contributed by atoms with Gasteiger partial charge >= 0.3 is 0 Å². The molecule has 0 amide bonds. The highest BCUT2D eigenvalue weighted by Crippen LogP contribution is 2.35. The van der Waals surface area contributed by atoms with E-state index >= 15 is 0 Å². The highest BCUT2D eigenvalue weighted by atomic mass is 32.1. The maximum Gasteiger partial charge on any atom is 0.160 e. The first-order chi connectivity index (χ1) is 8.50. The fourth-order valence-corrected chi connectivity index (χ4v) is 3.51. The van der Waals surface area contributed by atoms with E-state index in [4.69, 9.17) is 0 Å². The van der Waals surface area contributed by atoms with Crippen LogP contribution in [0.5, 0.6) is 0 Å². The topological polar surface area (TPSA) is 20.3 Å². The standard InChI is InChI=1S/C15H23NOS/c1-15(2,3)12-5-4-7-16(8-6-12)13-9-14(10-17)18-11-13/h9-12H,4-8H2,1-3H3. The van der Waals surface area contributed by atoms with Crippen molar-refractivity contribution in [1.29, 1.82) is 0 Å². The molecule has 2 rings (SSSR count). The number of carbonyl (C=O) groups excluding carboxylic acids is 1. The molecule has 0 spiro atoms. The minimum atomic E-state index is 0.415. The molecule has 0 saturated carbocycles. The lowest BCUT2D eigenvalue weighted by Gasteiger charge is -2.29. The second-order valence-electron chi connectivity index (χ2n) is 6.31. The molecule has 1 aromatic heterocycles. The summed E-state index contributed by atoms with van der Waals surface area (Å²) in [5, 5.41) is 2.11. The molecule has 0 aliphatic carbocycles. The molecule has 18 heavy (non-hydrogen) atoms. The fourth-order valence-electron chi connectivity index (χ4n) is 2.79. The Morgan fingerprint density at radius 3 is 2.72 bits per heavy atom. The quantitative estimate of drug-likeness (QED) is 0.746. The van der Waals surface area contributed by atoms with Crippen LogP contribution < -0.4 is 4.90 Å². The average molecular weight is 265 g/mol. The van der Waals surface area contributed by atoms with Crippen LogP contribution in [0.2, 0.25) is 0 Å². The second-order valence-corrected chi connectivity index (χ2v) is 7.25. The molecule has 1 aliphatic heterocycles. The van der Waals surface area contributed by atoms with Crippen LogP contribution >= 0.6 is 11.3 Å². The molecule has 2 nitrogen and oxygen atoms in total. The van der Waals surface area contributed by atoms with Crippen molar-refractivity contribution < 1.29 is 4.79 Å². The van der Waals surface area contributed by atoms with Crippen molar-refractivity contribution in [3.63, 3.8) is 0 Å². The van der Waals surface area contributed by atoms with Crippen molar-refractivity contribution in [1.82, 2.24) is 0 Å². The first-order valence-corrected chi connectivity index (χ1v) is 7.67. The van der Waals surface area contributed by atoms with Crippen molar-refractivity contribution >= 4 is 23.3 Å². The molecule has 2 heterocycles. The summed E-state index contributed by atoms with van der Waals surface area (Å²) in [4.78, 5) is 14.0. The number of rotatable bonds is 2. The molecule has 0 N–H and O–H groups in total. The molecule has 1 atom stereocenters. The Hall–Kier alpha value is -0.830. The first kappa shape index (κ1) is 13.6. The highest BCUT2D eigenvalue weighted by Gasteiger charge is 2.27. The van der Waals surface area contributed by atoms with Crippen molar-refractivity contribution in [2.45, 2.75) is 40.0 Å². The summed E-state index contributed by atoms with van der Waals surface area (Å²) in [6.45, 7) is 9.30. The van der Waals surface area contributed by atoms with E-state index in [1.807, 2.05) is 6.07 Å². The molecule has 1 saturated heterocycles. The van der Waals surface area contributed by atoms with Gasteiger partial charge in [0.2, 0.25) is 0 Å². The van der Waals surface area contributed by atoms with Crippen LogP contribution in [0.3, 0.4) is 0 Å². The van der Waals surface area contributed by atoms with Crippen LogP contribution in [0.25, 0.3) is 0 Å². The van der Waals surface area contributed by atoms with Crippen molar-refractivity contribution in [2.24, 2.45) is 11.3 Å². The van der Waals surface area contributed by atoms with Crippen LogP contribution in [0.1, 0.15) is 49.7 Å². The number of nitrogens with zero attached hydrogens (tertiary/aromatic N) is 1. The maximum atomic E-state index is 10.7. The number of thiophene rings is 1. The summed E-state index contributed by atoms with van der Waals surface area (Å²) >= 11 is 1.55. The van der Waals surface area contributed by atoms with Gasteiger partial charge in [0.25, 0.3) is 0 Å². The smallest absolute Gasteiger partial charge is 0.160 e. The highest BCUT2D eigenvalue weighted by molar-refractivity contribution is 7.12. The molecule has 0 bridgehead atoms. The predicted molar refractivity (Wildman–Crippen MR) is 78.7 cm³/mol. The number of anilines is 1. The van der Waals surface area contributed by atoms with E-state index in [1.165, 1.54) is 24.9 Å². The van der Waals surface area contributed by atoms with Crippen molar-refractivity contribution in [3.8, 4) is 0 Å². The number of aldehydes is 1. The van der Waals surface area contributed by atoms with Gasteiger partial charge in [0.15, 0.2) is 6.29 Å². The number of hydrogen-bond acceptors (Lipinski definition) is 3. The first-order valence-electron chi connectivity index (χ1n) is 6.79. The van der Waals surface area contributed by atoms with Gasteiger partial charge in [0, 0.05) is 24.2 Å². The summed E-state index contributed by atoms with van der Waals surface area (Å²) in [6.07, 6.45) is 4.79. The summed E-state index contributed by atoms with van der Waals surface area (Å²) in [6, 6.07) is 2.02. The Labute approximate surface area is 114 Å². The molecule has 1 fully saturated rings. The number of carbonyl (C=O) groups is 1. The molecule has 100 valence electrons. The van der Waals surface area contributed by atoms with Gasteiger partial charge in [-0.1, -0.05) is 20.8 Å². The molecule has 3 heteroatoms. The van der Waals surface area contributed by atoms with Crippen LogP contribution in [0, 0.1) is 11.3 Å². The number of hydrogen-bond donors (Lipinski definition) is 0. The summed E-state index contributed by atoms with van der Waals surface area (Å²) in [5.74, 6) is 0.812. The van der Waals surface area contributed by atoms with E-state index in [0.29, 0.717) is 5.41 Å². The monoisotopic (exact) mass is 265 g/mol. The van der Waals surface area contributed by atoms with E-state index in [9.17, 15) is 4.79 Å². The lowest BCUT2D eigenvalue weighted by Crippen LogP contribution is -2.25. The Kier molecular flexibility index (Phi) is 4.10. The molecule has 1 unspecified atom stereocenters. The van der Waals surface area contributed by atoms with Crippen LogP contribution in [-0.2, 0) is 0 Å². The SMILES string of the molecule is CC(C)(C)C1CCCN(c2csc(C=O)c2)CC1. The molecule has 0 radical (unpaired) electrons. The van der Waals surface area contributed by atoms with Gasteiger partial charge in [-0.15, -0.1) is 11.3 Å². The van der Waals surface area contributed by atoms with Gasteiger partial charge in [-0.25, -0.2) is 0 Å². The van der Waals surface area contributed by atoms with Crippen LogP contribution in [0.4, 0.5) is 5.69 Å². The van der Waals surface area contributed by atoms with Gasteiger partial charge < -0.3 is 4.90 Å². The van der Waals surface area contributed by atoms with Gasteiger partial charge in [-0.2, -0.15) is 0 Å². The van der Waals surface area contributed by atoms with E-state index in [-0.39, 0.29) is 0 Å². The van der Waals surface area contributed by atoms with Crippen molar-refractivity contribution in [3.05, 3.63) is 16.3 Å². The van der Waals surface area contributed by atoms with Crippen LogP contribution in [0.15, 0.2) is 11.4 Å². The average Bonchev–Trinajstić information content (AvgIpc) is 2.64. The zero-order chi connectivity index (χ0) is 13.2. The van der Waals surface area contributed by atoms with E-state index in [2.05, 4.69) is 31.1 Å². The zero-order valence-corrected chi connectivity index (χ0v) is 12.4. The lowest BCUT2D eigenvalue weighted by atomic mass is 9.77. The molecule has 1 aliphatic rings. The van der Waals surface area contributed by atoms with Gasteiger partial charge in [0.1, 0.15) is 0 Å². The Morgan fingerprint density at radius 2 is 2.11 bits per heavy atom. The molecular formula is C15H23NOS. The summed E-state index contributed by atoms with van der Waals surface area (Å²) < 4.78 is 0. The maximum absolute atomic E-state index is 10.7. The summed E-state index contributed by atoms with van der Waals surface area (Å²) in [5.41, 5.74) is 1.65. The minimum Gasteiger partial charge on any atom is -0.371 e. The minimum absolute atomic E-state index is 0.415. The fraction of sp³-hybridized carbons (Fsp3) is 0.667. The van der Waals surface area contributed by atoms with E-state index in [1.54, 1.807) is 11.3 Å². The molecule has 1 aromatic rings. The largest absolute Gasteiger partial charge is 0.371 e. The van der Waals surface area contributed by atoms with Gasteiger partial charge in [-0.05, 0) is 36.7 Å². The molecule has 0 aromatic carbocycles. The predicted octanol–water partition coefficient (Wildman–Crippen LogP) is 4.21. The Morgan fingerprint density at radius 1 is 1.33 bits per heavy atom.